The second-order valence-corrected chi connectivity index (χ2v) is 8.13. The van der Waals surface area contributed by atoms with E-state index in [9.17, 15) is 0 Å². The van der Waals surface area contributed by atoms with E-state index in [1.165, 1.54) is 0 Å². The summed E-state index contributed by atoms with van der Waals surface area (Å²) in [5.74, 6) is 2.83. The lowest BCUT2D eigenvalue weighted by atomic mass is 10.3. The largest absolute Gasteiger partial charge is 0.338 e. The van der Waals surface area contributed by atoms with Crippen LogP contribution in [0.3, 0.4) is 0 Å². The number of fused-ring (bicyclic) bond motifs is 2. The summed E-state index contributed by atoms with van der Waals surface area (Å²) in [7, 11) is 3.74. The van der Waals surface area contributed by atoms with Crippen LogP contribution in [0.4, 0.5) is 23.0 Å². The van der Waals surface area contributed by atoms with Crippen LogP contribution in [-0.4, -0.2) is 44.5 Å². The van der Waals surface area contributed by atoms with Crippen LogP contribution >= 0.6 is 0 Å². The predicted molar refractivity (Wildman–Crippen MR) is 146 cm³/mol. The summed E-state index contributed by atoms with van der Waals surface area (Å²) in [6.07, 6.45) is 1.74. The van der Waals surface area contributed by atoms with Gasteiger partial charge in [0.15, 0.2) is 34.0 Å². The van der Waals surface area contributed by atoms with Gasteiger partial charge in [0.25, 0.3) is 0 Å². The molecule has 0 atom stereocenters. The second-order valence-electron chi connectivity index (χ2n) is 8.13. The monoisotopic (exact) mass is 495 g/mol. The van der Waals surface area contributed by atoms with E-state index in [1.807, 2.05) is 93.2 Å². The molecule has 6 aromatic rings. The van der Waals surface area contributed by atoms with Crippen LogP contribution in [0.15, 0.2) is 67.0 Å². The Hall–Kier alpha value is -4.93. The Morgan fingerprint density at radius 3 is 1.73 bits per heavy atom. The average Bonchev–Trinajstić information content (AvgIpc) is 3.43. The molecule has 11 heteroatoms. The van der Waals surface area contributed by atoms with Gasteiger partial charge >= 0.3 is 0 Å². The van der Waals surface area contributed by atoms with Crippen LogP contribution in [0.25, 0.3) is 22.3 Å². The third-order valence-corrected chi connectivity index (χ3v) is 5.31. The Morgan fingerprint density at radius 1 is 0.649 bits per heavy atom. The third-order valence-electron chi connectivity index (χ3n) is 5.31. The van der Waals surface area contributed by atoms with Gasteiger partial charge in [-0.15, -0.1) is 5.10 Å². The minimum atomic E-state index is 0. The van der Waals surface area contributed by atoms with E-state index in [0.717, 1.165) is 39.8 Å². The molecule has 0 fully saturated rings. The van der Waals surface area contributed by atoms with Gasteiger partial charge in [0.05, 0.1) is 6.33 Å². The fraction of sp³-hybridized carbons (Fsp3) is 0.192. The summed E-state index contributed by atoms with van der Waals surface area (Å²) in [6, 6.07) is 19.8. The van der Waals surface area contributed by atoms with E-state index in [0.29, 0.717) is 17.2 Å². The standard InChI is InChI=1S/C13H13N5.C12H12N6.CH4/c1-9-15-12(17-10-6-4-3-5-7-10)11-13(16-9)18(2)8-14-11;1-8-13-11(15-9-6-4-3-5-7-9)10-12(14-8)18(2)17-16-10;/h3-8H,1-2H3,(H,15,16,17);3-7H,1-2H3,(H,13,14,15);1H4. The number of imidazole rings is 1. The number of anilines is 4. The Labute approximate surface area is 214 Å². The molecular formula is C26H29N11. The van der Waals surface area contributed by atoms with E-state index < -0.39 is 0 Å². The van der Waals surface area contributed by atoms with Crippen molar-refractivity contribution >= 4 is 45.3 Å². The van der Waals surface area contributed by atoms with Crippen LogP contribution in [-0.2, 0) is 14.1 Å². The predicted octanol–water partition coefficient (Wildman–Crippen LogP) is 4.86. The molecule has 0 saturated heterocycles. The molecule has 0 bridgehead atoms. The minimum Gasteiger partial charge on any atom is -0.338 e. The average molecular weight is 496 g/mol. The number of aryl methyl sites for hydroxylation is 4. The van der Waals surface area contributed by atoms with E-state index in [2.05, 4.69) is 45.9 Å². The van der Waals surface area contributed by atoms with Gasteiger partial charge < -0.3 is 15.2 Å². The highest BCUT2D eigenvalue weighted by atomic mass is 15.4. The maximum Gasteiger partial charge on any atom is 0.183 e. The summed E-state index contributed by atoms with van der Waals surface area (Å²) >= 11 is 0. The van der Waals surface area contributed by atoms with Gasteiger partial charge in [-0.05, 0) is 38.1 Å². The SMILES string of the molecule is C.Cc1nc(Nc2ccccc2)c2ncn(C)c2n1.Cc1nc(Nc2ccccc2)c2nnn(C)c2n1. The lowest BCUT2D eigenvalue weighted by molar-refractivity contribution is 0.728. The smallest absolute Gasteiger partial charge is 0.183 e. The molecule has 11 nitrogen and oxygen atoms in total. The summed E-state index contributed by atoms with van der Waals surface area (Å²) < 4.78 is 3.53. The second kappa shape index (κ2) is 10.8. The molecule has 6 rings (SSSR count). The summed E-state index contributed by atoms with van der Waals surface area (Å²) in [6.45, 7) is 3.73. The van der Waals surface area contributed by atoms with Crippen LogP contribution < -0.4 is 10.6 Å². The molecule has 0 spiro atoms. The zero-order valence-corrected chi connectivity index (χ0v) is 20.4. The first-order valence-corrected chi connectivity index (χ1v) is 11.3. The molecule has 2 N–H and O–H groups in total. The molecule has 188 valence electrons. The number of aromatic nitrogens is 9. The summed E-state index contributed by atoms with van der Waals surface area (Å²) in [5.41, 5.74) is 4.96. The first-order valence-electron chi connectivity index (χ1n) is 11.3. The van der Waals surface area contributed by atoms with Crippen LogP contribution in [0.1, 0.15) is 19.1 Å². The van der Waals surface area contributed by atoms with Crippen molar-refractivity contribution < 1.29 is 0 Å². The number of hydrogen-bond acceptors (Lipinski definition) is 9. The van der Waals surface area contributed by atoms with E-state index in [1.54, 1.807) is 11.0 Å². The summed E-state index contributed by atoms with van der Waals surface area (Å²) in [5, 5.41) is 14.6. The molecule has 4 aromatic heterocycles. The first kappa shape index (κ1) is 25.2. The zero-order chi connectivity index (χ0) is 25.1. The van der Waals surface area contributed by atoms with Gasteiger partial charge in [-0.25, -0.2) is 29.6 Å². The van der Waals surface area contributed by atoms with Gasteiger partial charge in [-0.2, -0.15) is 0 Å². The van der Waals surface area contributed by atoms with Crippen LogP contribution in [0.2, 0.25) is 0 Å². The van der Waals surface area contributed by atoms with Crippen molar-refractivity contribution in [1.29, 1.82) is 0 Å². The lowest BCUT2D eigenvalue weighted by Gasteiger charge is -2.06. The van der Waals surface area contributed by atoms with E-state index >= 15 is 0 Å². The maximum absolute atomic E-state index is 4.41. The first-order chi connectivity index (χ1) is 17.5. The van der Waals surface area contributed by atoms with Crippen molar-refractivity contribution in [1.82, 2.24) is 44.5 Å². The molecule has 0 aliphatic heterocycles. The van der Waals surface area contributed by atoms with Gasteiger partial charge in [0, 0.05) is 25.5 Å². The number of nitrogens with zero attached hydrogens (tertiary/aromatic N) is 9. The van der Waals surface area contributed by atoms with Crippen molar-refractivity contribution in [2.75, 3.05) is 10.6 Å². The molecule has 0 saturated carbocycles. The number of hydrogen-bond donors (Lipinski definition) is 2. The molecule has 4 heterocycles. The molecule has 0 unspecified atom stereocenters. The van der Waals surface area contributed by atoms with Crippen molar-refractivity contribution in [3.05, 3.63) is 78.6 Å². The number of para-hydroxylation sites is 2. The van der Waals surface area contributed by atoms with Gasteiger partial charge in [-0.1, -0.05) is 49.0 Å². The minimum absolute atomic E-state index is 0. The van der Waals surface area contributed by atoms with Crippen LogP contribution in [0, 0.1) is 13.8 Å². The fourth-order valence-electron chi connectivity index (χ4n) is 3.63. The number of nitrogens with one attached hydrogen (secondary N) is 2. The molecule has 0 radical (unpaired) electrons. The molecule has 0 amide bonds. The van der Waals surface area contributed by atoms with Crippen LogP contribution in [0.5, 0.6) is 0 Å². The lowest BCUT2D eigenvalue weighted by Crippen LogP contribution is -2.00. The van der Waals surface area contributed by atoms with Crippen molar-refractivity contribution in [2.24, 2.45) is 14.1 Å². The fourth-order valence-corrected chi connectivity index (χ4v) is 3.63. The van der Waals surface area contributed by atoms with Gasteiger partial charge in [0.2, 0.25) is 0 Å². The highest BCUT2D eigenvalue weighted by molar-refractivity contribution is 5.85. The Morgan fingerprint density at radius 2 is 1.16 bits per heavy atom. The highest BCUT2D eigenvalue weighted by Crippen LogP contribution is 2.22. The third kappa shape index (κ3) is 5.50. The molecule has 0 aliphatic carbocycles. The molecule has 0 aliphatic rings. The van der Waals surface area contributed by atoms with E-state index in [-0.39, 0.29) is 7.43 Å². The van der Waals surface area contributed by atoms with Crippen molar-refractivity contribution in [2.45, 2.75) is 21.3 Å². The maximum atomic E-state index is 4.41. The van der Waals surface area contributed by atoms with Crippen molar-refractivity contribution in [3.63, 3.8) is 0 Å². The quantitative estimate of drug-likeness (QED) is 0.353. The normalized spacial score (nSPS) is 10.5. The molecular weight excluding hydrogens is 466 g/mol. The summed E-state index contributed by atoms with van der Waals surface area (Å²) in [4.78, 5) is 21.8. The Balaban J connectivity index is 0.000000168. The van der Waals surface area contributed by atoms with E-state index in [4.69, 9.17) is 0 Å². The number of rotatable bonds is 4. The zero-order valence-electron chi connectivity index (χ0n) is 20.4. The van der Waals surface area contributed by atoms with Gasteiger partial charge in [0.1, 0.15) is 11.6 Å². The number of benzene rings is 2. The highest BCUT2D eigenvalue weighted by Gasteiger charge is 2.12. The van der Waals surface area contributed by atoms with Gasteiger partial charge in [-0.3, -0.25) is 0 Å². The molecule has 37 heavy (non-hydrogen) atoms. The Bertz CT molecular complexity index is 1500. The molecule has 2 aromatic carbocycles. The van der Waals surface area contributed by atoms with Crippen molar-refractivity contribution in [3.8, 4) is 0 Å². The topological polar surface area (TPSA) is 124 Å². The Kier molecular flexibility index (Phi) is 7.33.